The number of hydrogen-bond donors (Lipinski definition) is 1. The molecule has 0 fully saturated rings. The fourth-order valence-corrected chi connectivity index (χ4v) is 2.36. The maximum Gasteiger partial charge on any atom is 0.321 e. The molecule has 2 amide bonds. The van der Waals surface area contributed by atoms with Crippen molar-refractivity contribution in [3.8, 4) is 0 Å². The van der Waals surface area contributed by atoms with E-state index in [1.54, 1.807) is 18.3 Å². The van der Waals surface area contributed by atoms with E-state index in [0.717, 1.165) is 19.6 Å². The van der Waals surface area contributed by atoms with Gasteiger partial charge in [0.05, 0.1) is 5.69 Å². The third kappa shape index (κ3) is 6.20. The Bertz CT molecular complexity index is 463. The normalized spacial score (nSPS) is 11.0. The Morgan fingerprint density at radius 3 is 2.55 bits per heavy atom. The van der Waals surface area contributed by atoms with Gasteiger partial charge in [-0.3, -0.25) is 0 Å². The monoisotopic (exact) mass is 326 g/mol. The first-order chi connectivity index (χ1) is 10.5. The second kappa shape index (κ2) is 9.64. The quantitative estimate of drug-likeness (QED) is 0.743. The molecular formula is C16H27ClN4O. The lowest BCUT2D eigenvalue weighted by Gasteiger charge is -2.28. The van der Waals surface area contributed by atoms with Gasteiger partial charge in [-0.15, -0.1) is 0 Å². The lowest BCUT2D eigenvalue weighted by atomic mass is 10.2. The molecule has 5 nitrogen and oxygen atoms in total. The Balaban J connectivity index is 2.69. The van der Waals surface area contributed by atoms with E-state index >= 15 is 0 Å². The lowest BCUT2D eigenvalue weighted by molar-refractivity contribution is 0.189. The second-order valence-electron chi connectivity index (χ2n) is 5.64. The van der Waals surface area contributed by atoms with E-state index < -0.39 is 0 Å². The highest BCUT2D eigenvalue weighted by Crippen LogP contribution is 2.18. The van der Waals surface area contributed by atoms with Crippen molar-refractivity contribution >= 4 is 23.3 Å². The predicted molar refractivity (Wildman–Crippen MR) is 92.5 cm³/mol. The number of pyridine rings is 1. The van der Waals surface area contributed by atoms with Crippen molar-refractivity contribution in [2.45, 2.75) is 27.7 Å². The number of hydrogen-bond acceptors (Lipinski definition) is 3. The fraction of sp³-hybridized carbons (Fsp3) is 0.625. The van der Waals surface area contributed by atoms with Crippen LogP contribution in [-0.2, 0) is 0 Å². The summed E-state index contributed by atoms with van der Waals surface area (Å²) in [6.07, 6.45) is 1.60. The Hall–Kier alpha value is -1.33. The number of carbonyl (C=O) groups is 1. The van der Waals surface area contributed by atoms with Crippen LogP contribution in [0.4, 0.5) is 10.5 Å². The van der Waals surface area contributed by atoms with Crippen molar-refractivity contribution in [3.05, 3.63) is 23.5 Å². The molecule has 124 valence electrons. The van der Waals surface area contributed by atoms with Crippen LogP contribution in [0.1, 0.15) is 27.7 Å². The molecule has 1 aromatic rings. The standard InChI is InChI=1S/C16H27ClN4O/c1-5-20(6-2)10-11-21(12-13(3)4)16(22)19-14-8-7-9-18-15(14)17/h7-9,13H,5-6,10-12H2,1-4H3,(H,19,22). The molecule has 0 bridgehead atoms. The fourth-order valence-electron chi connectivity index (χ4n) is 2.19. The molecule has 0 unspecified atom stereocenters. The Labute approximate surface area is 138 Å². The highest BCUT2D eigenvalue weighted by Gasteiger charge is 2.17. The van der Waals surface area contributed by atoms with Crippen molar-refractivity contribution in [1.82, 2.24) is 14.8 Å². The molecule has 6 heteroatoms. The SMILES string of the molecule is CCN(CC)CCN(CC(C)C)C(=O)Nc1cccnc1Cl. The number of halogens is 1. The largest absolute Gasteiger partial charge is 0.323 e. The van der Waals surface area contributed by atoms with Crippen LogP contribution in [0.5, 0.6) is 0 Å². The number of aromatic nitrogens is 1. The summed E-state index contributed by atoms with van der Waals surface area (Å²) in [5.41, 5.74) is 0.547. The third-order valence-corrected chi connectivity index (χ3v) is 3.76. The summed E-state index contributed by atoms with van der Waals surface area (Å²) in [5, 5.41) is 3.16. The van der Waals surface area contributed by atoms with E-state index in [0.29, 0.717) is 29.8 Å². The third-order valence-electron chi connectivity index (χ3n) is 3.45. The zero-order valence-electron chi connectivity index (χ0n) is 14.0. The molecule has 0 aliphatic carbocycles. The molecule has 1 N–H and O–H groups in total. The van der Waals surface area contributed by atoms with Crippen LogP contribution in [0.25, 0.3) is 0 Å². The van der Waals surface area contributed by atoms with Crippen molar-refractivity contribution in [2.75, 3.05) is 38.0 Å². The van der Waals surface area contributed by atoms with E-state index in [1.165, 1.54) is 0 Å². The van der Waals surface area contributed by atoms with Crippen molar-refractivity contribution in [2.24, 2.45) is 5.92 Å². The van der Waals surface area contributed by atoms with Gasteiger partial charge in [0.1, 0.15) is 0 Å². The zero-order chi connectivity index (χ0) is 16.5. The van der Waals surface area contributed by atoms with Gasteiger partial charge in [-0.1, -0.05) is 39.3 Å². The zero-order valence-corrected chi connectivity index (χ0v) is 14.7. The molecular weight excluding hydrogens is 300 g/mol. The summed E-state index contributed by atoms with van der Waals surface area (Å²) in [6, 6.07) is 3.38. The summed E-state index contributed by atoms with van der Waals surface area (Å²) < 4.78 is 0. The van der Waals surface area contributed by atoms with Gasteiger partial charge in [-0.2, -0.15) is 0 Å². The molecule has 0 spiro atoms. The number of rotatable bonds is 8. The first kappa shape index (κ1) is 18.7. The second-order valence-corrected chi connectivity index (χ2v) is 6.00. The average molecular weight is 327 g/mol. The summed E-state index contributed by atoms with van der Waals surface area (Å²) in [5.74, 6) is 0.409. The van der Waals surface area contributed by atoms with Gasteiger partial charge in [0.2, 0.25) is 0 Å². The minimum absolute atomic E-state index is 0.129. The van der Waals surface area contributed by atoms with Crippen LogP contribution >= 0.6 is 11.6 Å². The molecule has 1 rings (SSSR count). The summed E-state index contributed by atoms with van der Waals surface area (Å²) in [7, 11) is 0. The van der Waals surface area contributed by atoms with E-state index in [-0.39, 0.29) is 6.03 Å². The smallest absolute Gasteiger partial charge is 0.321 e. The number of nitrogens with zero attached hydrogens (tertiary/aromatic N) is 3. The number of likely N-dealkylation sites (N-methyl/N-ethyl adjacent to an activating group) is 1. The first-order valence-electron chi connectivity index (χ1n) is 7.86. The maximum atomic E-state index is 12.5. The van der Waals surface area contributed by atoms with Gasteiger partial charge in [-0.25, -0.2) is 9.78 Å². The average Bonchev–Trinajstić information content (AvgIpc) is 2.49. The number of amides is 2. The Morgan fingerprint density at radius 2 is 2.00 bits per heavy atom. The molecule has 0 saturated carbocycles. The van der Waals surface area contributed by atoms with Crippen molar-refractivity contribution in [1.29, 1.82) is 0 Å². The van der Waals surface area contributed by atoms with E-state index in [1.807, 2.05) is 4.90 Å². The Morgan fingerprint density at radius 1 is 1.32 bits per heavy atom. The predicted octanol–water partition coefficient (Wildman–Crippen LogP) is 3.57. The van der Waals surface area contributed by atoms with E-state index in [4.69, 9.17) is 11.6 Å². The minimum Gasteiger partial charge on any atom is -0.323 e. The van der Waals surface area contributed by atoms with E-state index in [2.05, 4.69) is 42.9 Å². The van der Waals surface area contributed by atoms with Gasteiger partial charge < -0.3 is 15.1 Å². The summed E-state index contributed by atoms with van der Waals surface area (Å²) >= 11 is 6.00. The van der Waals surface area contributed by atoms with Crippen LogP contribution in [0.2, 0.25) is 5.15 Å². The molecule has 1 aromatic heterocycles. The van der Waals surface area contributed by atoms with Crippen LogP contribution in [0, 0.1) is 5.92 Å². The van der Waals surface area contributed by atoms with Gasteiger partial charge in [0, 0.05) is 25.8 Å². The van der Waals surface area contributed by atoms with Crippen molar-refractivity contribution < 1.29 is 4.79 Å². The molecule has 0 aliphatic rings. The minimum atomic E-state index is -0.129. The van der Waals surface area contributed by atoms with Gasteiger partial charge >= 0.3 is 6.03 Å². The summed E-state index contributed by atoms with van der Waals surface area (Å²) in [4.78, 5) is 20.6. The molecule has 0 aliphatic heterocycles. The van der Waals surface area contributed by atoms with Gasteiger partial charge in [0.25, 0.3) is 0 Å². The topological polar surface area (TPSA) is 48.5 Å². The lowest BCUT2D eigenvalue weighted by Crippen LogP contribution is -2.42. The summed E-state index contributed by atoms with van der Waals surface area (Å²) in [6.45, 7) is 12.7. The molecule has 0 saturated heterocycles. The number of urea groups is 1. The van der Waals surface area contributed by atoms with Crippen LogP contribution < -0.4 is 5.32 Å². The van der Waals surface area contributed by atoms with Crippen LogP contribution in [0.3, 0.4) is 0 Å². The first-order valence-corrected chi connectivity index (χ1v) is 8.24. The van der Waals surface area contributed by atoms with E-state index in [9.17, 15) is 4.79 Å². The maximum absolute atomic E-state index is 12.5. The highest BCUT2D eigenvalue weighted by atomic mass is 35.5. The number of carbonyl (C=O) groups excluding carboxylic acids is 1. The molecule has 0 atom stereocenters. The number of nitrogens with one attached hydrogen (secondary N) is 1. The van der Waals surface area contributed by atoms with Crippen molar-refractivity contribution in [3.63, 3.8) is 0 Å². The molecule has 0 radical (unpaired) electrons. The van der Waals surface area contributed by atoms with Crippen LogP contribution in [0.15, 0.2) is 18.3 Å². The molecule has 0 aromatic carbocycles. The Kier molecular flexibility index (Phi) is 8.20. The molecule has 22 heavy (non-hydrogen) atoms. The van der Waals surface area contributed by atoms with Gasteiger partial charge in [0.15, 0.2) is 5.15 Å². The number of anilines is 1. The van der Waals surface area contributed by atoms with Crippen LogP contribution in [-0.4, -0.2) is 53.5 Å². The molecule has 1 heterocycles. The van der Waals surface area contributed by atoms with Gasteiger partial charge in [-0.05, 0) is 31.1 Å². The highest BCUT2D eigenvalue weighted by molar-refractivity contribution is 6.32.